The highest BCUT2D eigenvalue weighted by Crippen LogP contribution is 2.24. The lowest BCUT2D eigenvalue weighted by Crippen LogP contribution is -2.40. The van der Waals surface area contributed by atoms with Crippen molar-refractivity contribution < 1.29 is 9.90 Å². The molecule has 20 heavy (non-hydrogen) atoms. The van der Waals surface area contributed by atoms with Gasteiger partial charge in [0.05, 0.1) is 16.5 Å². The van der Waals surface area contributed by atoms with Crippen molar-refractivity contribution in [1.29, 1.82) is 0 Å². The van der Waals surface area contributed by atoms with Gasteiger partial charge in [0.15, 0.2) is 0 Å². The first-order chi connectivity index (χ1) is 9.60. The standard InChI is InChI=1S/C15H19Cl2NO2/c16-13-4-3-12(8-14(13)17)9-15(20)18-6-1-2-11(10-18)5-7-19/h3-4,8,11,19H,1-2,5-7,9-10H2. The van der Waals surface area contributed by atoms with Crippen molar-refractivity contribution in [2.45, 2.75) is 25.7 Å². The summed E-state index contributed by atoms with van der Waals surface area (Å²) in [6.07, 6.45) is 3.23. The Hall–Kier alpha value is -0.770. The summed E-state index contributed by atoms with van der Waals surface area (Å²) in [5, 5.41) is 9.99. The molecule has 1 aromatic rings. The summed E-state index contributed by atoms with van der Waals surface area (Å²) in [4.78, 5) is 14.2. The number of piperidine rings is 1. The van der Waals surface area contributed by atoms with E-state index in [2.05, 4.69) is 0 Å². The van der Waals surface area contributed by atoms with Gasteiger partial charge in [0.1, 0.15) is 0 Å². The minimum Gasteiger partial charge on any atom is -0.396 e. The van der Waals surface area contributed by atoms with Crippen molar-refractivity contribution in [1.82, 2.24) is 4.90 Å². The number of carbonyl (C=O) groups excluding carboxylic acids is 1. The Morgan fingerprint density at radius 3 is 2.85 bits per heavy atom. The molecule has 0 radical (unpaired) electrons. The maximum absolute atomic E-state index is 12.3. The third kappa shape index (κ3) is 4.11. The van der Waals surface area contributed by atoms with Gasteiger partial charge >= 0.3 is 0 Å². The molecule has 1 heterocycles. The van der Waals surface area contributed by atoms with Gasteiger partial charge in [-0.1, -0.05) is 29.3 Å². The van der Waals surface area contributed by atoms with Crippen LogP contribution in [0.2, 0.25) is 10.0 Å². The predicted octanol–water partition coefficient (Wildman–Crippen LogP) is 3.16. The molecule has 0 aromatic heterocycles. The Morgan fingerprint density at radius 1 is 1.35 bits per heavy atom. The second-order valence-electron chi connectivity index (χ2n) is 5.29. The van der Waals surface area contributed by atoms with Gasteiger partial charge in [-0.05, 0) is 42.9 Å². The van der Waals surface area contributed by atoms with Gasteiger partial charge in [0, 0.05) is 19.7 Å². The van der Waals surface area contributed by atoms with E-state index in [1.54, 1.807) is 12.1 Å². The highest BCUT2D eigenvalue weighted by atomic mass is 35.5. The van der Waals surface area contributed by atoms with Crippen LogP contribution in [0.3, 0.4) is 0 Å². The van der Waals surface area contributed by atoms with Gasteiger partial charge in [-0.3, -0.25) is 4.79 Å². The molecule has 3 nitrogen and oxygen atoms in total. The fourth-order valence-corrected chi connectivity index (χ4v) is 2.97. The van der Waals surface area contributed by atoms with Crippen molar-refractivity contribution in [2.24, 2.45) is 5.92 Å². The van der Waals surface area contributed by atoms with E-state index in [-0.39, 0.29) is 12.5 Å². The summed E-state index contributed by atoms with van der Waals surface area (Å²) in [6.45, 7) is 1.75. The van der Waals surface area contributed by atoms with Crippen LogP contribution < -0.4 is 0 Å². The topological polar surface area (TPSA) is 40.5 Å². The second-order valence-corrected chi connectivity index (χ2v) is 6.10. The molecule has 1 atom stereocenters. The summed E-state index contributed by atoms with van der Waals surface area (Å²) in [5.41, 5.74) is 0.883. The summed E-state index contributed by atoms with van der Waals surface area (Å²) in [7, 11) is 0. The summed E-state index contributed by atoms with van der Waals surface area (Å²) < 4.78 is 0. The molecular weight excluding hydrogens is 297 g/mol. The number of benzene rings is 1. The molecule has 110 valence electrons. The smallest absolute Gasteiger partial charge is 0.226 e. The van der Waals surface area contributed by atoms with Crippen LogP contribution in [-0.2, 0) is 11.2 Å². The highest BCUT2D eigenvalue weighted by Gasteiger charge is 2.23. The molecular formula is C15H19Cl2NO2. The van der Waals surface area contributed by atoms with E-state index in [0.29, 0.717) is 22.4 Å². The summed E-state index contributed by atoms with van der Waals surface area (Å²) >= 11 is 11.8. The molecule has 1 aliphatic rings. The Morgan fingerprint density at radius 2 is 2.15 bits per heavy atom. The van der Waals surface area contributed by atoms with Crippen molar-refractivity contribution in [3.05, 3.63) is 33.8 Å². The summed E-state index contributed by atoms with van der Waals surface area (Å²) in [6, 6.07) is 5.30. The molecule has 1 fully saturated rings. The van der Waals surface area contributed by atoms with Gasteiger partial charge in [0.25, 0.3) is 0 Å². The second kappa shape index (κ2) is 7.30. The monoisotopic (exact) mass is 315 g/mol. The number of aliphatic hydroxyl groups is 1. The van der Waals surface area contributed by atoms with E-state index in [9.17, 15) is 4.79 Å². The zero-order valence-corrected chi connectivity index (χ0v) is 12.8. The van der Waals surface area contributed by atoms with Crippen LogP contribution in [-0.4, -0.2) is 35.6 Å². The quantitative estimate of drug-likeness (QED) is 0.927. The fraction of sp³-hybridized carbons (Fsp3) is 0.533. The van der Waals surface area contributed by atoms with Crippen LogP contribution in [0.5, 0.6) is 0 Å². The minimum atomic E-state index is 0.117. The molecule has 0 saturated carbocycles. The lowest BCUT2D eigenvalue weighted by molar-refractivity contribution is -0.132. The lowest BCUT2D eigenvalue weighted by atomic mass is 9.95. The molecule has 1 aliphatic heterocycles. The van der Waals surface area contributed by atoms with Crippen LogP contribution in [0.4, 0.5) is 0 Å². The summed E-state index contributed by atoms with van der Waals surface area (Å²) in [5.74, 6) is 0.539. The third-order valence-electron chi connectivity index (χ3n) is 3.75. The van der Waals surface area contributed by atoms with Crippen LogP contribution >= 0.6 is 23.2 Å². The number of hydrogen-bond donors (Lipinski definition) is 1. The first-order valence-electron chi connectivity index (χ1n) is 6.92. The normalized spacial score (nSPS) is 19.1. The number of aliphatic hydroxyl groups excluding tert-OH is 1. The zero-order valence-electron chi connectivity index (χ0n) is 11.3. The van der Waals surface area contributed by atoms with E-state index < -0.39 is 0 Å². The van der Waals surface area contributed by atoms with Crippen LogP contribution in [0, 0.1) is 5.92 Å². The fourth-order valence-electron chi connectivity index (χ4n) is 2.65. The number of hydrogen-bond acceptors (Lipinski definition) is 2. The minimum absolute atomic E-state index is 0.117. The molecule has 1 amide bonds. The van der Waals surface area contributed by atoms with Crippen molar-refractivity contribution in [2.75, 3.05) is 19.7 Å². The molecule has 0 spiro atoms. The number of carbonyl (C=O) groups is 1. The Bertz CT molecular complexity index is 477. The molecule has 1 saturated heterocycles. The van der Waals surface area contributed by atoms with E-state index in [4.69, 9.17) is 28.3 Å². The van der Waals surface area contributed by atoms with Crippen LogP contribution in [0.1, 0.15) is 24.8 Å². The van der Waals surface area contributed by atoms with Gasteiger partial charge in [-0.25, -0.2) is 0 Å². The molecule has 5 heteroatoms. The Labute approximate surface area is 129 Å². The van der Waals surface area contributed by atoms with Crippen molar-refractivity contribution in [3.63, 3.8) is 0 Å². The SMILES string of the molecule is O=C(Cc1ccc(Cl)c(Cl)c1)N1CCCC(CCO)C1. The lowest BCUT2D eigenvalue weighted by Gasteiger charge is -2.32. The van der Waals surface area contributed by atoms with E-state index >= 15 is 0 Å². The molecule has 2 rings (SSSR count). The number of halogens is 2. The first kappa shape index (κ1) is 15.6. The molecule has 1 aromatic carbocycles. The Balaban J connectivity index is 1.95. The van der Waals surface area contributed by atoms with E-state index in [0.717, 1.165) is 37.9 Å². The van der Waals surface area contributed by atoms with Crippen LogP contribution in [0.15, 0.2) is 18.2 Å². The maximum atomic E-state index is 12.3. The zero-order chi connectivity index (χ0) is 14.5. The number of likely N-dealkylation sites (tertiary alicyclic amines) is 1. The van der Waals surface area contributed by atoms with E-state index in [1.807, 2.05) is 11.0 Å². The molecule has 0 bridgehead atoms. The third-order valence-corrected chi connectivity index (χ3v) is 4.49. The molecule has 1 unspecified atom stereocenters. The number of nitrogens with zero attached hydrogens (tertiary/aromatic N) is 1. The largest absolute Gasteiger partial charge is 0.396 e. The predicted molar refractivity (Wildman–Crippen MR) is 81.2 cm³/mol. The number of rotatable bonds is 4. The number of amides is 1. The first-order valence-corrected chi connectivity index (χ1v) is 7.68. The highest BCUT2D eigenvalue weighted by molar-refractivity contribution is 6.42. The van der Waals surface area contributed by atoms with Gasteiger partial charge in [-0.15, -0.1) is 0 Å². The van der Waals surface area contributed by atoms with Crippen molar-refractivity contribution in [3.8, 4) is 0 Å². The average Bonchev–Trinajstić information content (AvgIpc) is 2.43. The average molecular weight is 316 g/mol. The van der Waals surface area contributed by atoms with Gasteiger partial charge < -0.3 is 10.0 Å². The molecule has 1 N–H and O–H groups in total. The molecule has 0 aliphatic carbocycles. The van der Waals surface area contributed by atoms with Crippen LogP contribution in [0.25, 0.3) is 0 Å². The Kier molecular flexibility index (Phi) is 5.70. The van der Waals surface area contributed by atoms with E-state index in [1.165, 1.54) is 0 Å². The van der Waals surface area contributed by atoms with Crippen molar-refractivity contribution >= 4 is 29.1 Å². The van der Waals surface area contributed by atoms with Gasteiger partial charge in [-0.2, -0.15) is 0 Å². The van der Waals surface area contributed by atoms with Gasteiger partial charge in [0.2, 0.25) is 5.91 Å². The maximum Gasteiger partial charge on any atom is 0.226 e.